The summed E-state index contributed by atoms with van der Waals surface area (Å²) < 4.78 is 1.01. The van der Waals surface area contributed by atoms with Crippen LogP contribution >= 0.6 is 15.9 Å². The van der Waals surface area contributed by atoms with Crippen molar-refractivity contribution in [1.82, 2.24) is 4.90 Å². The summed E-state index contributed by atoms with van der Waals surface area (Å²) in [5.74, 6) is 0.745. The van der Waals surface area contributed by atoms with E-state index in [0.717, 1.165) is 28.7 Å². The molecule has 0 amide bonds. The molecule has 1 aromatic rings. The summed E-state index contributed by atoms with van der Waals surface area (Å²) in [6.45, 7) is 6.91. The Hall–Kier alpha value is -0.540. The first kappa shape index (κ1) is 12.9. The predicted molar refractivity (Wildman–Crippen MR) is 76.8 cm³/mol. The second-order valence-electron chi connectivity index (χ2n) is 5.28. The number of benzene rings is 1. The van der Waals surface area contributed by atoms with E-state index in [9.17, 15) is 0 Å². The van der Waals surface area contributed by atoms with E-state index < -0.39 is 0 Å². The van der Waals surface area contributed by atoms with Crippen molar-refractivity contribution < 1.29 is 0 Å². The lowest BCUT2D eigenvalue weighted by Crippen LogP contribution is -2.32. The molecule has 1 fully saturated rings. The molecular weight excluding hydrogens is 276 g/mol. The van der Waals surface area contributed by atoms with E-state index in [4.69, 9.17) is 5.73 Å². The van der Waals surface area contributed by atoms with Gasteiger partial charge in [0, 0.05) is 22.7 Å². The number of hydrogen-bond donors (Lipinski definition) is 1. The highest BCUT2D eigenvalue weighted by Crippen LogP contribution is 2.27. The van der Waals surface area contributed by atoms with Crippen molar-refractivity contribution in [2.75, 3.05) is 12.3 Å². The molecule has 0 radical (unpaired) electrons. The molecule has 17 heavy (non-hydrogen) atoms. The number of nitrogens with two attached hydrogens (primary N) is 1. The molecule has 1 aliphatic rings. The van der Waals surface area contributed by atoms with Crippen LogP contribution in [0, 0.1) is 5.92 Å². The van der Waals surface area contributed by atoms with Crippen molar-refractivity contribution in [1.29, 1.82) is 0 Å². The molecule has 0 aliphatic carbocycles. The van der Waals surface area contributed by atoms with Crippen LogP contribution in [0.3, 0.4) is 0 Å². The summed E-state index contributed by atoms with van der Waals surface area (Å²) in [7, 11) is 0. The average molecular weight is 297 g/mol. The van der Waals surface area contributed by atoms with Crippen LogP contribution < -0.4 is 5.73 Å². The lowest BCUT2D eigenvalue weighted by atomic mass is 10.0. The first-order chi connectivity index (χ1) is 8.08. The molecule has 3 heteroatoms. The van der Waals surface area contributed by atoms with Gasteiger partial charge in [-0.25, -0.2) is 0 Å². The van der Waals surface area contributed by atoms with Crippen LogP contribution in [-0.2, 0) is 6.54 Å². The van der Waals surface area contributed by atoms with Crippen molar-refractivity contribution in [3.63, 3.8) is 0 Å². The Balaban J connectivity index is 2.07. The Bertz CT molecular complexity index is 390. The second-order valence-corrected chi connectivity index (χ2v) is 6.13. The number of nitrogen functional groups attached to an aromatic ring is 1. The van der Waals surface area contributed by atoms with Gasteiger partial charge in [-0.15, -0.1) is 0 Å². The number of likely N-dealkylation sites (tertiary alicyclic amines) is 1. The second kappa shape index (κ2) is 5.40. The minimum atomic E-state index is 0.742. The standard InChI is InChI=1S/C14H21BrN2/c1-10(2)14-4-3-7-17(14)9-11-5-6-13(16)12(15)8-11/h5-6,8,10,14H,3-4,7,9,16H2,1-2H3. The van der Waals surface area contributed by atoms with Crippen LogP contribution in [-0.4, -0.2) is 17.5 Å². The highest BCUT2D eigenvalue weighted by Gasteiger charge is 2.26. The molecular formula is C14H21BrN2. The fraction of sp³-hybridized carbons (Fsp3) is 0.571. The van der Waals surface area contributed by atoms with Gasteiger partial charge in [0.15, 0.2) is 0 Å². The molecule has 0 saturated carbocycles. The monoisotopic (exact) mass is 296 g/mol. The van der Waals surface area contributed by atoms with E-state index in [-0.39, 0.29) is 0 Å². The summed E-state index contributed by atoms with van der Waals surface area (Å²) in [6.07, 6.45) is 2.67. The maximum atomic E-state index is 5.81. The van der Waals surface area contributed by atoms with Crippen molar-refractivity contribution in [3.05, 3.63) is 28.2 Å². The molecule has 2 rings (SSSR count). The van der Waals surface area contributed by atoms with Crippen molar-refractivity contribution >= 4 is 21.6 Å². The first-order valence-corrected chi connectivity index (χ1v) is 7.15. The Labute approximate surface area is 112 Å². The van der Waals surface area contributed by atoms with Crippen molar-refractivity contribution in [2.24, 2.45) is 5.92 Å². The topological polar surface area (TPSA) is 29.3 Å². The largest absolute Gasteiger partial charge is 0.398 e. The molecule has 1 saturated heterocycles. The lowest BCUT2D eigenvalue weighted by Gasteiger charge is -2.27. The van der Waals surface area contributed by atoms with Gasteiger partial charge >= 0.3 is 0 Å². The van der Waals surface area contributed by atoms with E-state index in [0.29, 0.717) is 0 Å². The van der Waals surface area contributed by atoms with Crippen LogP contribution in [0.2, 0.25) is 0 Å². The SMILES string of the molecule is CC(C)C1CCCN1Cc1ccc(N)c(Br)c1. The summed E-state index contributed by atoms with van der Waals surface area (Å²) in [4.78, 5) is 2.60. The van der Waals surface area contributed by atoms with Gasteiger partial charge in [-0.05, 0) is 58.9 Å². The van der Waals surface area contributed by atoms with Crippen molar-refractivity contribution in [3.8, 4) is 0 Å². The third-order valence-electron chi connectivity index (χ3n) is 3.63. The minimum Gasteiger partial charge on any atom is -0.398 e. The number of halogens is 1. The Morgan fingerprint density at radius 2 is 2.24 bits per heavy atom. The molecule has 0 spiro atoms. The zero-order chi connectivity index (χ0) is 12.4. The fourth-order valence-electron chi connectivity index (χ4n) is 2.71. The van der Waals surface area contributed by atoms with E-state index in [1.54, 1.807) is 0 Å². The average Bonchev–Trinajstić information content (AvgIpc) is 2.72. The normalized spacial score (nSPS) is 21.3. The fourth-order valence-corrected chi connectivity index (χ4v) is 3.13. The molecule has 1 aromatic carbocycles. The van der Waals surface area contributed by atoms with Crippen molar-refractivity contribution in [2.45, 2.75) is 39.3 Å². The summed E-state index contributed by atoms with van der Waals surface area (Å²) >= 11 is 3.50. The van der Waals surface area contributed by atoms with E-state index in [1.807, 2.05) is 6.07 Å². The van der Waals surface area contributed by atoms with Gasteiger partial charge in [0.2, 0.25) is 0 Å². The van der Waals surface area contributed by atoms with E-state index in [1.165, 1.54) is 24.9 Å². The summed E-state index contributed by atoms with van der Waals surface area (Å²) in [5, 5.41) is 0. The summed E-state index contributed by atoms with van der Waals surface area (Å²) in [6, 6.07) is 7.01. The molecule has 0 aromatic heterocycles. The predicted octanol–water partition coefficient (Wildman–Crippen LogP) is 3.65. The molecule has 0 bridgehead atoms. The lowest BCUT2D eigenvalue weighted by molar-refractivity contribution is 0.199. The molecule has 1 heterocycles. The van der Waals surface area contributed by atoms with Gasteiger partial charge < -0.3 is 5.73 Å². The van der Waals surface area contributed by atoms with E-state index >= 15 is 0 Å². The minimum absolute atomic E-state index is 0.742. The third kappa shape index (κ3) is 3.02. The number of rotatable bonds is 3. The van der Waals surface area contributed by atoms with Gasteiger partial charge in [0.25, 0.3) is 0 Å². The van der Waals surface area contributed by atoms with Crippen LogP contribution in [0.5, 0.6) is 0 Å². The molecule has 1 atom stereocenters. The third-order valence-corrected chi connectivity index (χ3v) is 4.32. The number of hydrogen-bond acceptors (Lipinski definition) is 2. The molecule has 1 unspecified atom stereocenters. The van der Waals surface area contributed by atoms with Gasteiger partial charge in [0.1, 0.15) is 0 Å². The van der Waals surface area contributed by atoms with Gasteiger partial charge in [0.05, 0.1) is 0 Å². The maximum Gasteiger partial charge on any atom is 0.0458 e. The van der Waals surface area contributed by atoms with Crippen LogP contribution in [0.1, 0.15) is 32.3 Å². The van der Waals surface area contributed by atoms with Crippen LogP contribution in [0.25, 0.3) is 0 Å². The molecule has 2 N–H and O–H groups in total. The number of anilines is 1. The number of nitrogens with zero attached hydrogens (tertiary/aromatic N) is 1. The first-order valence-electron chi connectivity index (χ1n) is 6.36. The molecule has 2 nitrogen and oxygen atoms in total. The zero-order valence-corrected chi connectivity index (χ0v) is 12.2. The van der Waals surface area contributed by atoms with Crippen LogP contribution in [0.15, 0.2) is 22.7 Å². The highest BCUT2D eigenvalue weighted by atomic mass is 79.9. The highest BCUT2D eigenvalue weighted by molar-refractivity contribution is 9.10. The van der Waals surface area contributed by atoms with Gasteiger partial charge in [-0.1, -0.05) is 19.9 Å². The Kier molecular flexibility index (Phi) is 4.10. The summed E-state index contributed by atoms with van der Waals surface area (Å²) in [5.41, 5.74) is 7.97. The maximum absolute atomic E-state index is 5.81. The Morgan fingerprint density at radius 3 is 2.88 bits per heavy atom. The Morgan fingerprint density at radius 1 is 1.47 bits per heavy atom. The zero-order valence-electron chi connectivity index (χ0n) is 10.6. The van der Waals surface area contributed by atoms with Crippen LogP contribution in [0.4, 0.5) is 5.69 Å². The van der Waals surface area contributed by atoms with Gasteiger partial charge in [-0.2, -0.15) is 0 Å². The molecule has 1 aliphatic heterocycles. The quantitative estimate of drug-likeness (QED) is 0.863. The smallest absolute Gasteiger partial charge is 0.0458 e. The molecule has 94 valence electrons. The van der Waals surface area contributed by atoms with Gasteiger partial charge in [-0.3, -0.25) is 4.90 Å². The van der Waals surface area contributed by atoms with E-state index in [2.05, 4.69) is 46.8 Å².